The molecule has 0 bridgehead atoms. The number of rotatable bonds is 3. The van der Waals surface area contributed by atoms with E-state index in [0.717, 1.165) is 25.7 Å². The third-order valence-electron chi connectivity index (χ3n) is 4.17. The summed E-state index contributed by atoms with van der Waals surface area (Å²) in [5.74, 6) is -0.773. The number of hydrogen-bond donors (Lipinski definition) is 1. The van der Waals surface area contributed by atoms with Gasteiger partial charge in [0.25, 0.3) is 0 Å². The second-order valence-corrected chi connectivity index (χ2v) is 7.43. The van der Waals surface area contributed by atoms with Gasteiger partial charge in [0.15, 0.2) is 0 Å². The van der Waals surface area contributed by atoms with Crippen molar-refractivity contribution in [2.45, 2.75) is 77.0 Å². The van der Waals surface area contributed by atoms with Crippen LogP contribution in [0.2, 0.25) is 0 Å². The second kappa shape index (κ2) is 7.85. The van der Waals surface area contributed by atoms with Crippen molar-refractivity contribution >= 4 is 18.0 Å². The molecule has 2 amide bonds. The summed E-state index contributed by atoms with van der Waals surface area (Å²) in [5.41, 5.74) is -0.655. The third kappa shape index (κ3) is 5.39. The van der Waals surface area contributed by atoms with E-state index >= 15 is 0 Å². The van der Waals surface area contributed by atoms with Gasteiger partial charge in [0.05, 0.1) is 6.42 Å². The molecule has 2 aliphatic rings. The van der Waals surface area contributed by atoms with Gasteiger partial charge in [0, 0.05) is 13.1 Å². The summed E-state index contributed by atoms with van der Waals surface area (Å²) in [4.78, 5) is 38.0. The Balaban J connectivity index is 1.96. The van der Waals surface area contributed by atoms with E-state index in [1.54, 1.807) is 20.8 Å². The molecule has 1 saturated heterocycles. The van der Waals surface area contributed by atoms with Crippen molar-refractivity contribution in [1.82, 2.24) is 10.2 Å². The van der Waals surface area contributed by atoms with Crippen LogP contribution in [0.3, 0.4) is 0 Å². The average molecular weight is 340 g/mol. The lowest BCUT2D eigenvalue weighted by Gasteiger charge is -2.35. The Morgan fingerprint density at radius 2 is 1.88 bits per heavy atom. The van der Waals surface area contributed by atoms with Crippen molar-refractivity contribution in [1.29, 1.82) is 0 Å². The van der Waals surface area contributed by atoms with Gasteiger partial charge in [-0.25, -0.2) is 4.79 Å². The molecule has 1 heterocycles. The molecular formula is C17H28N2O5. The zero-order valence-electron chi connectivity index (χ0n) is 14.8. The molecule has 136 valence electrons. The molecule has 24 heavy (non-hydrogen) atoms. The van der Waals surface area contributed by atoms with E-state index in [9.17, 15) is 14.4 Å². The molecule has 1 atom stereocenters. The van der Waals surface area contributed by atoms with E-state index in [-0.39, 0.29) is 18.4 Å². The molecule has 2 fully saturated rings. The Morgan fingerprint density at radius 3 is 2.50 bits per heavy atom. The number of piperazine rings is 1. The fourth-order valence-corrected chi connectivity index (χ4v) is 3.03. The van der Waals surface area contributed by atoms with Crippen molar-refractivity contribution in [3.05, 3.63) is 0 Å². The predicted octanol–water partition coefficient (Wildman–Crippen LogP) is 1.99. The number of nitrogens with zero attached hydrogens (tertiary/aromatic N) is 1. The minimum atomic E-state index is -0.871. The second-order valence-electron chi connectivity index (χ2n) is 7.43. The number of amides is 2. The molecule has 1 saturated carbocycles. The van der Waals surface area contributed by atoms with Crippen LogP contribution in [0.4, 0.5) is 4.79 Å². The summed E-state index contributed by atoms with van der Waals surface area (Å²) >= 11 is 0. The van der Waals surface area contributed by atoms with Gasteiger partial charge in [-0.2, -0.15) is 0 Å². The third-order valence-corrected chi connectivity index (χ3v) is 4.17. The SMILES string of the molecule is CC(C)(C)OC(=O)N1CCNC(=O)[C@@H]1CC(=O)OC1CCCCC1. The maximum absolute atomic E-state index is 12.3. The molecule has 1 aliphatic carbocycles. The van der Waals surface area contributed by atoms with Gasteiger partial charge >= 0.3 is 12.1 Å². The van der Waals surface area contributed by atoms with Gasteiger partial charge in [-0.05, 0) is 46.5 Å². The molecule has 0 radical (unpaired) electrons. The lowest BCUT2D eigenvalue weighted by molar-refractivity contribution is -0.154. The van der Waals surface area contributed by atoms with E-state index in [2.05, 4.69) is 5.32 Å². The van der Waals surface area contributed by atoms with E-state index in [1.807, 2.05) is 0 Å². The van der Waals surface area contributed by atoms with E-state index in [1.165, 1.54) is 11.3 Å². The topological polar surface area (TPSA) is 84.9 Å². The molecule has 0 aromatic heterocycles. The Kier molecular flexibility index (Phi) is 6.07. The standard InChI is InChI=1S/C17H28N2O5/c1-17(2,3)24-16(22)19-10-9-18-15(21)13(19)11-14(20)23-12-7-5-4-6-8-12/h12-13H,4-11H2,1-3H3,(H,18,21)/t13-/m0/s1. The summed E-state index contributed by atoms with van der Waals surface area (Å²) in [5, 5.41) is 2.69. The van der Waals surface area contributed by atoms with Crippen molar-refractivity contribution in [2.75, 3.05) is 13.1 Å². The minimum Gasteiger partial charge on any atom is -0.462 e. The lowest BCUT2D eigenvalue weighted by atomic mass is 9.98. The van der Waals surface area contributed by atoms with Crippen LogP contribution in [0, 0.1) is 0 Å². The highest BCUT2D eigenvalue weighted by atomic mass is 16.6. The average Bonchev–Trinajstić information content (AvgIpc) is 2.48. The highest BCUT2D eigenvalue weighted by Crippen LogP contribution is 2.22. The largest absolute Gasteiger partial charge is 0.462 e. The Labute approximate surface area is 143 Å². The van der Waals surface area contributed by atoms with Gasteiger partial charge < -0.3 is 14.8 Å². The quantitative estimate of drug-likeness (QED) is 0.794. The number of carbonyl (C=O) groups is 3. The van der Waals surface area contributed by atoms with Crippen LogP contribution in [0.1, 0.15) is 59.3 Å². The molecule has 7 nitrogen and oxygen atoms in total. The van der Waals surface area contributed by atoms with Crippen LogP contribution < -0.4 is 5.32 Å². The summed E-state index contributed by atoms with van der Waals surface area (Å²) < 4.78 is 10.8. The van der Waals surface area contributed by atoms with Gasteiger partial charge in [0.1, 0.15) is 17.7 Å². The van der Waals surface area contributed by atoms with Gasteiger partial charge in [-0.3, -0.25) is 14.5 Å². The first-order chi connectivity index (χ1) is 11.3. The van der Waals surface area contributed by atoms with Crippen molar-refractivity contribution in [3.63, 3.8) is 0 Å². The molecule has 2 rings (SSSR count). The van der Waals surface area contributed by atoms with E-state index in [4.69, 9.17) is 9.47 Å². The summed E-state index contributed by atoms with van der Waals surface area (Å²) in [6, 6.07) is -0.871. The minimum absolute atomic E-state index is 0.0621. The highest BCUT2D eigenvalue weighted by molar-refractivity contribution is 5.90. The maximum Gasteiger partial charge on any atom is 0.411 e. The van der Waals surface area contributed by atoms with Gasteiger partial charge in [-0.1, -0.05) is 6.42 Å². The number of carbonyl (C=O) groups excluding carboxylic acids is 3. The maximum atomic E-state index is 12.3. The predicted molar refractivity (Wildman–Crippen MR) is 87.3 cm³/mol. The van der Waals surface area contributed by atoms with Gasteiger partial charge in [0.2, 0.25) is 5.91 Å². The van der Waals surface area contributed by atoms with Crippen LogP contribution >= 0.6 is 0 Å². The first kappa shape index (κ1) is 18.5. The van der Waals surface area contributed by atoms with Crippen LogP contribution in [-0.4, -0.2) is 53.7 Å². The molecular weight excluding hydrogens is 312 g/mol. The van der Waals surface area contributed by atoms with Crippen LogP contribution in [0.25, 0.3) is 0 Å². The van der Waals surface area contributed by atoms with Crippen molar-refractivity contribution in [2.24, 2.45) is 0 Å². The number of esters is 1. The molecule has 0 aromatic carbocycles. The Morgan fingerprint density at radius 1 is 1.21 bits per heavy atom. The molecule has 1 N–H and O–H groups in total. The smallest absolute Gasteiger partial charge is 0.411 e. The summed E-state index contributed by atoms with van der Waals surface area (Å²) in [6.07, 6.45) is 4.27. The zero-order valence-corrected chi connectivity index (χ0v) is 14.8. The lowest BCUT2D eigenvalue weighted by Crippen LogP contribution is -2.58. The first-order valence-electron chi connectivity index (χ1n) is 8.73. The van der Waals surface area contributed by atoms with Gasteiger partial charge in [-0.15, -0.1) is 0 Å². The molecule has 1 aliphatic heterocycles. The summed E-state index contributed by atoms with van der Waals surface area (Å²) in [7, 11) is 0. The Bertz CT molecular complexity index is 480. The van der Waals surface area contributed by atoms with Crippen molar-refractivity contribution < 1.29 is 23.9 Å². The molecule has 0 unspecified atom stereocenters. The number of hydrogen-bond acceptors (Lipinski definition) is 5. The zero-order chi connectivity index (χ0) is 17.7. The number of ether oxygens (including phenoxy) is 2. The first-order valence-corrected chi connectivity index (χ1v) is 8.73. The van der Waals surface area contributed by atoms with Crippen LogP contribution in [0.5, 0.6) is 0 Å². The highest BCUT2D eigenvalue weighted by Gasteiger charge is 2.37. The molecule has 0 aromatic rings. The van der Waals surface area contributed by atoms with Crippen molar-refractivity contribution in [3.8, 4) is 0 Å². The summed E-state index contributed by atoms with van der Waals surface area (Å²) in [6.45, 7) is 5.97. The molecule has 0 spiro atoms. The molecule has 7 heteroatoms. The normalized spacial score (nSPS) is 22.7. The number of nitrogens with one attached hydrogen (secondary N) is 1. The van der Waals surface area contributed by atoms with E-state index in [0.29, 0.717) is 13.1 Å². The van der Waals surface area contributed by atoms with E-state index < -0.39 is 23.7 Å². The fraction of sp³-hybridized carbons (Fsp3) is 0.824. The van der Waals surface area contributed by atoms with Crippen LogP contribution in [-0.2, 0) is 19.1 Å². The monoisotopic (exact) mass is 340 g/mol. The van der Waals surface area contributed by atoms with Crippen LogP contribution in [0.15, 0.2) is 0 Å². The fourth-order valence-electron chi connectivity index (χ4n) is 3.03. The Hall–Kier alpha value is -1.79.